The van der Waals surface area contributed by atoms with Crippen LogP contribution in [0.2, 0.25) is 0 Å². The zero-order valence-corrected chi connectivity index (χ0v) is 14.9. The van der Waals surface area contributed by atoms with Crippen LogP contribution in [0.3, 0.4) is 0 Å². The third kappa shape index (κ3) is 3.48. The molecular weight excluding hydrogens is 326 g/mol. The molecule has 1 aromatic heterocycles. The average molecular weight is 349 g/mol. The Balaban J connectivity index is 1.42. The van der Waals surface area contributed by atoms with Crippen molar-refractivity contribution in [2.45, 2.75) is 44.8 Å². The standard InChI is InChI=1S/C21H23N3O2/c1-15-6-2-3-8-17(15)14-25-18-9-4-7-16(12-18)13-19-23-20(24-26-19)21(22)10-5-11-21/h2-4,6-9,12H,5,10-11,13-14,22H2,1H3. The molecule has 26 heavy (non-hydrogen) atoms. The Hall–Kier alpha value is -2.66. The van der Waals surface area contributed by atoms with Gasteiger partial charge in [0.2, 0.25) is 5.89 Å². The first kappa shape index (κ1) is 16.8. The number of hydrogen-bond donors (Lipinski definition) is 1. The van der Waals surface area contributed by atoms with Crippen molar-refractivity contribution in [2.75, 3.05) is 0 Å². The minimum absolute atomic E-state index is 0.389. The van der Waals surface area contributed by atoms with Crippen LogP contribution in [0.25, 0.3) is 0 Å². The molecule has 2 N–H and O–H groups in total. The fourth-order valence-corrected chi connectivity index (χ4v) is 3.16. The maximum absolute atomic E-state index is 6.26. The van der Waals surface area contributed by atoms with E-state index in [0.29, 0.717) is 24.7 Å². The second-order valence-corrected chi connectivity index (χ2v) is 7.06. The molecule has 0 spiro atoms. The number of rotatable bonds is 6. The van der Waals surface area contributed by atoms with Crippen LogP contribution >= 0.6 is 0 Å². The Morgan fingerprint density at radius 1 is 1.15 bits per heavy atom. The largest absolute Gasteiger partial charge is 0.489 e. The number of aromatic nitrogens is 2. The van der Waals surface area contributed by atoms with E-state index in [1.165, 1.54) is 11.1 Å². The van der Waals surface area contributed by atoms with E-state index in [1.807, 2.05) is 36.4 Å². The molecule has 0 bridgehead atoms. The summed E-state index contributed by atoms with van der Waals surface area (Å²) in [6.45, 7) is 2.64. The van der Waals surface area contributed by atoms with E-state index in [0.717, 1.165) is 30.6 Å². The van der Waals surface area contributed by atoms with Gasteiger partial charge in [0.1, 0.15) is 12.4 Å². The van der Waals surface area contributed by atoms with Gasteiger partial charge in [-0.1, -0.05) is 41.6 Å². The highest BCUT2D eigenvalue weighted by atomic mass is 16.5. The Morgan fingerprint density at radius 2 is 2.00 bits per heavy atom. The molecule has 4 rings (SSSR count). The average Bonchev–Trinajstić information content (AvgIpc) is 3.08. The van der Waals surface area contributed by atoms with Crippen molar-refractivity contribution < 1.29 is 9.26 Å². The molecule has 0 amide bonds. The summed E-state index contributed by atoms with van der Waals surface area (Å²) >= 11 is 0. The zero-order chi connectivity index (χ0) is 18.0. The molecule has 0 atom stereocenters. The lowest BCUT2D eigenvalue weighted by Crippen LogP contribution is -2.44. The van der Waals surface area contributed by atoms with Crippen LogP contribution < -0.4 is 10.5 Å². The van der Waals surface area contributed by atoms with E-state index in [-0.39, 0.29) is 5.54 Å². The van der Waals surface area contributed by atoms with Gasteiger partial charge in [-0.15, -0.1) is 0 Å². The van der Waals surface area contributed by atoms with Crippen molar-refractivity contribution in [3.8, 4) is 5.75 Å². The molecule has 5 nitrogen and oxygen atoms in total. The molecule has 0 unspecified atom stereocenters. The molecule has 0 aliphatic heterocycles. The number of hydrogen-bond acceptors (Lipinski definition) is 5. The van der Waals surface area contributed by atoms with Crippen LogP contribution in [0.15, 0.2) is 53.1 Å². The molecular formula is C21H23N3O2. The summed E-state index contributed by atoms with van der Waals surface area (Å²) < 4.78 is 11.3. The highest BCUT2D eigenvalue weighted by Crippen LogP contribution is 2.37. The fraction of sp³-hybridized carbons (Fsp3) is 0.333. The first-order valence-electron chi connectivity index (χ1n) is 9.01. The molecule has 0 radical (unpaired) electrons. The van der Waals surface area contributed by atoms with Gasteiger partial charge in [-0.05, 0) is 55.0 Å². The Kier molecular flexibility index (Phi) is 4.47. The van der Waals surface area contributed by atoms with Crippen molar-refractivity contribution >= 4 is 0 Å². The summed E-state index contributed by atoms with van der Waals surface area (Å²) in [5.74, 6) is 2.05. The molecule has 1 aliphatic rings. The summed E-state index contributed by atoms with van der Waals surface area (Å²) in [6, 6.07) is 16.2. The Morgan fingerprint density at radius 3 is 2.77 bits per heavy atom. The van der Waals surface area contributed by atoms with Crippen LogP contribution in [0.1, 0.15) is 47.7 Å². The van der Waals surface area contributed by atoms with Gasteiger partial charge in [0.25, 0.3) is 0 Å². The van der Waals surface area contributed by atoms with Gasteiger partial charge in [-0.2, -0.15) is 4.98 Å². The molecule has 3 aromatic rings. The minimum atomic E-state index is -0.389. The highest BCUT2D eigenvalue weighted by molar-refractivity contribution is 5.31. The Labute approximate surface area is 153 Å². The zero-order valence-electron chi connectivity index (χ0n) is 14.9. The quantitative estimate of drug-likeness (QED) is 0.731. The van der Waals surface area contributed by atoms with E-state index in [1.54, 1.807) is 0 Å². The molecule has 1 fully saturated rings. The lowest BCUT2D eigenvalue weighted by molar-refractivity contribution is 0.229. The summed E-state index contributed by atoms with van der Waals surface area (Å²) in [4.78, 5) is 4.49. The summed E-state index contributed by atoms with van der Waals surface area (Å²) in [5.41, 5.74) is 9.36. The van der Waals surface area contributed by atoms with Crippen LogP contribution in [0.4, 0.5) is 0 Å². The summed E-state index contributed by atoms with van der Waals surface area (Å²) in [5, 5.41) is 4.07. The van der Waals surface area contributed by atoms with Crippen molar-refractivity contribution in [1.82, 2.24) is 10.1 Å². The van der Waals surface area contributed by atoms with E-state index in [2.05, 4.69) is 29.2 Å². The van der Waals surface area contributed by atoms with Crippen LogP contribution in [-0.4, -0.2) is 10.1 Å². The van der Waals surface area contributed by atoms with Gasteiger partial charge >= 0.3 is 0 Å². The number of nitrogens with zero attached hydrogens (tertiary/aromatic N) is 2. The monoisotopic (exact) mass is 349 g/mol. The van der Waals surface area contributed by atoms with Crippen molar-refractivity contribution in [3.05, 3.63) is 76.9 Å². The number of benzene rings is 2. The van der Waals surface area contributed by atoms with Crippen LogP contribution in [0.5, 0.6) is 5.75 Å². The van der Waals surface area contributed by atoms with Crippen LogP contribution in [-0.2, 0) is 18.6 Å². The summed E-state index contributed by atoms with van der Waals surface area (Å²) in [7, 11) is 0. The predicted octanol–water partition coefficient (Wildman–Crippen LogP) is 3.89. The van der Waals surface area contributed by atoms with E-state index in [4.69, 9.17) is 15.0 Å². The van der Waals surface area contributed by atoms with Gasteiger partial charge < -0.3 is 15.0 Å². The SMILES string of the molecule is Cc1ccccc1COc1cccc(Cc2nc(C3(N)CCC3)no2)c1. The molecule has 5 heteroatoms. The first-order valence-corrected chi connectivity index (χ1v) is 9.01. The number of ether oxygens (including phenoxy) is 1. The third-order valence-electron chi connectivity index (χ3n) is 5.07. The third-order valence-corrected chi connectivity index (χ3v) is 5.07. The topological polar surface area (TPSA) is 74.2 Å². The van der Waals surface area contributed by atoms with E-state index >= 15 is 0 Å². The normalized spacial score (nSPS) is 15.5. The number of aryl methyl sites for hydroxylation is 1. The maximum atomic E-state index is 6.26. The lowest BCUT2D eigenvalue weighted by atomic mass is 9.77. The smallest absolute Gasteiger partial charge is 0.231 e. The molecule has 0 saturated heterocycles. The molecule has 134 valence electrons. The van der Waals surface area contributed by atoms with E-state index in [9.17, 15) is 0 Å². The van der Waals surface area contributed by atoms with Crippen LogP contribution in [0, 0.1) is 6.92 Å². The predicted molar refractivity (Wildman–Crippen MR) is 98.8 cm³/mol. The van der Waals surface area contributed by atoms with E-state index < -0.39 is 0 Å². The number of nitrogens with two attached hydrogens (primary N) is 1. The highest BCUT2D eigenvalue weighted by Gasteiger charge is 2.38. The fourth-order valence-electron chi connectivity index (χ4n) is 3.16. The summed E-state index contributed by atoms with van der Waals surface area (Å²) in [6.07, 6.45) is 3.55. The second-order valence-electron chi connectivity index (χ2n) is 7.06. The molecule has 1 aliphatic carbocycles. The van der Waals surface area contributed by atoms with Gasteiger partial charge in [-0.3, -0.25) is 0 Å². The first-order chi connectivity index (χ1) is 12.6. The molecule has 2 aromatic carbocycles. The van der Waals surface area contributed by atoms with Gasteiger partial charge in [0, 0.05) is 0 Å². The lowest BCUT2D eigenvalue weighted by Gasteiger charge is -2.34. The van der Waals surface area contributed by atoms with Crippen molar-refractivity contribution in [1.29, 1.82) is 0 Å². The molecule has 1 saturated carbocycles. The maximum Gasteiger partial charge on any atom is 0.231 e. The molecule has 1 heterocycles. The van der Waals surface area contributed by atoms with Crippen molar-refractivity contribution in [2.24, 2.45) is 5.73 Å². The Bertz CT molecular complexity index is 900. The van der Waals surface area contributed by atoms with Gasteiger partial charge in [0.05, 0.1) is 12.0 Å². The van der Waals surface area contributed by atoms with Gasteiger partial charge in [0.15, 0.2) is 5.82 Å². The van der Waals surface area contributed by atoms with Gasteiger partial charge in [-0.25, -0.2) is 0 Å². The minimum Gasteiger partial charge on any atom is -0.489 e. The second kappa shape index (κ2) is 6.92. The van der Waals surface area contributed by atoms with Crippen molar-refractivity contribution in [3.63, 3.8) is 0 Å².